The van der Waals surface area contributed by atoms with Crippen molar-refractivity contribution in [1.29, 1.82) is 0 Å². The number of carbonyl (C=O) groups excluding carboxylic acids is 1. The van der Waals surface area contributed by atoms with Gasteiger partial charge in [0, 0.05) is 23.5 Å². The van der Waals surface area contributed by atoms with E-state index in [9.17, 15) is 9.59 Å². The van der Waals surface area contributed by atoms with Gasteiger partial charge in [-0.2, -0.15) is 9.78 Å². The first-order chi connectivity index (χ1) is 13.7. The number of pyridine rings is 1. The maximum atomic E-state index is 12.7. The molecule has 0 saturated heterocycles. The van der Waals surface area contributed by atoms with E-state index in [2.05, 4.69) is 15.4 Å². The van der Waals surface area contributed by atoms with Crippen LogP contribution in [0.15, 0.2) is 83.9 Å². The Morgan fingerprint density at radius 2 is 1.68 bits per heavy atom. The van der Waals surface area contributed by atoms with Crippen molar-refractivity contribution in [2.75, 3.05) is 5.32 Å². The highest BCUT2D eigenvalue weighted by Gasteiger charge is 2.21. The molecular weight excluding hydrogens is 354 g/mol. The number of benzene rings is 2. The largest absolute Gasteiger partial charge is 0.346 e. The average Bonchev–Trinajstić information content (AvgIpc) is 3.31. The molecule has 2 aliphatic heterocycles. The zero-order chi connectivity index (χ0) is 19.1. The van der Waals surface area contributed by atoms with Crippen molar-refractivity contribution in [1.82, 2.24) is 19.3 Å². The van der Waals surface area contributed by atoms with Crippen LogP contribution in [0.25, 0.3) is 28.0 Å². The van der Waals surface area contributed by atoms with E-state index in [-0.39, 0.29) is 11.6 Å². The van der Waals surface area contributed by atoms with Crippen molar-refractivity contribution >= 4 is 22.8 Å². The first-order valence-electron chi connectivity index (χ1n) is 8.76. The molecule has 0 fully saturated rings. The van der Waals surface area contributed by atoms with Crippen LogP contribution in [0, 0.1) is 0 Å². The maximum absolute atomic E-state index is 12.7. The molecule has 0 saturated carbocycles. The van der Waals surface area contributed by atoms with Gasteiger partial charge in [-0.1, -0.05) is 36.4 Å². The number of para-hydroxylation sites is 2. The Morgan fingerprint density at radius 1 is 0.964 bits per heavy atom. The first kappa shape index (κ1) is 16.1. The second-order valence-corrected chi connectivity index (χ2v) is 6.35. The molecule has 136 valence electrons. The molecular formula is C21H15N5O2. The zero-order valence-corrected chi connectivity index (χ0v) is 14.7. The van der Waals surface area contributed by atoms with Gasteiger partial charge < -0.3 is 10.3 Å². The quantitative estimate of drug-likeness (QED) is 0.498. The Bertz CT molecular complexity index is 1320. The minimum absolute atomic E-state index is 0.208. The Balaban J connectivity index is 1.62. The van der Waals surface area contributed by atoms with Crippen LogP contribution < -0.4 is 10.9 Å². The molecule has 3 heterocycles. The Hall–Kier alpha value is -4.13. The number of anilines is 1. The van der Waals surface area contributed by atoms with Crippen molar-refractivity contribution in [2.45, 2.75) is 0 Å². The maximum Gasteiger partial charge on any atom is 0.331 e. The Labute approximate surface area is 159 Å². The molecule has 2 aliphatic rings. The molecule has 7 heteroatoms. The van der Waals surface area contributed by atoms with Gasteiger partial charge in [-0.25, -0.2) is 4.79 Å². The topological polar surface area (TPSA) is 84.7 Å². The summed E-state index contributed by atoms with van der Waals surface area (Å²) in [5.41, 5.74) is 2.77. The lowest BCUT2D eigenvalue weighted by Crippen LogP contribution is -2.19. The monoisotopic (exact) mass is 369 g/mol. The van der Waals surface area contributed by atoms with Gasteiger partial charge in [0.1, 0.15) is 11.3 Å². The summed E-state index contributed by atoms with van der Waals surface area (Å²) in [4.78, 5) is 28.5. The average molecular weight is 369 g/mol. The molecule has 0 bridgehead atoms. The number of rotatable bonds is 2. The van der Waals surface area contributed by atoms with Crippen LogP contribution >= 0.6 is 0 Å². The number of nitrogens with zero attached hydrogens (tertiary/aromatic N) is 3. The SMILES string of the molecule is O=C(Nc1ccccc1)n1ccc2c3nn(-c4ccccc4)c(=O)c-3c[nH]c21. The summed E-state index contributed by atoms with van der Waals surface area (Å²) < 4.78 is 2.84. The summed E-state index contributed by atoms with van der Waals surface area (Å²) in [7, 11) is 0. The third-order valence-corrected chi connectivity index (χ3v) is 4.62. The predicted octanol–water partition coefficient (Wildman–Crippen LogP) is 3.70. The van der Waals surface area contributed by atoms with Crippen molar-refractivity contribution in [3.63, 3.8) is 0 Å². The summed E-state index contributed by atoms with van der Waals surface area (Å²) in [5.74, 6) is 0. The van der Waals surface area contributed by atoms with Gasteiger partial charge in [-0.3, -0.25) is 9.36 Å². The van der Waals surface area contributed by atoms with Gasteiger partial charge in [0.05, 0.1) is 11.3 Å². The molecule has 1 amide bonds. The summed E-state index contributed by atoms with van der Waals surface area (Å²) in [6, 6.07) is 19.9. The summed E-state index contributed by atoms with van der Waals surface area (Å²) >= 11 is 0. The molecule has 1 aromatic heterocycles. The Kier molecular flexibility index (Phi) is 3.58. The van der Waals surface area contributed by atoms with Gasteiger partial charge in [0.2, 0.25) is 0 Å². The molecule has 2 N–H and O–H groups in total. The lowest BCUT2D eigenvalue weighted by Gasteiger charge is -2.07. The van der Waals surface area contributed by atoms with Crippen LogP contribution in [0.3, 0.4) is 0 Å². The molecule has 0 unspecified atom stereocenters. The molecule has 0 aliphatic carbocycles. The second-order valence-electron chi connectivity index (χ2n) is 6.35. The second kappa shape index (κ2) is 6.24. The lowest BCUT2D eigenvalue weighted by atomic mass is 10.2. The van der Waals surface area contributed by atoms with Gasteiger partial charge in [-0.15, -0.1) is 0 Å². The number of amides is 1. The van der Waals surface area contributed by atoms with E-state index in [1.807, 2.05) is 60.7 Å². The highest BCUT2D eigenvalue weighted by atomic mass is 16.2. The number of fused-ring (bicyclic) bond motifs is 3. The summed E-state index contributed by atoms with van der Waals surface area (Å²) in [5, 5.41) is 8.05. The van der Waals surface area contributed by atoms with E-state index in [1.54, 1.807) is 18.5 Å². The summed E-state index contributed by atoms with van der Waals surface area (Å²) in [6.07, 6.45) is 3.25. The number of hydrogen-bond donors (Lipinski definition) is 2. The first-order valence-corrected chi connectivity index (χ1v) is 8.76. The number of carbonyl (C=O) groups is 1. The van der Waals surface area contributed by atoms with Crippen molar-refractivity contribution in [3.8, 4) is 16.9 Å². The van der Waals surface area contributed by atoms with E-state index in [0.29, 0.717) is 33.7 Å². The van der Waals surface area contributed by atoms with E-state index in [1.165, 1.54) is 9.25 Å². The van der Waals surface area contributed by atoms with Crippen molar-refractivity contribution < 1.29 is 4.79 Å². The summed E-state index contributed by atoms with van der Waals surface area (Å²) in [6.45, 7) is 0. The third-order valence-electron chi connectivity index (χ3n) is 4.62. The highest BCUT2D eigenvalue weighted by molar-refractivity contribution is 6.01. The van der Waals surface area contributed by atoms with Crippen LogP contribution in [0.1, 0.15) is 0 Å². The lowest BCUT2D eigenvalue weighted by molar-refractivity contribution is 0.254. The van der Waals surface area contributed by atoms with Crippen LogP contribution in [-0.2, 0) is 0 Å². The van der Waals surface area contributed by atoms with Crippen LogP contribution in [-0.4, -0.2) is 25.4 Å². The highest BCUT2D eigenvalue weighted by Crippen LogP contribution is 2.27. The predicted molar refractivity (Wildman–Crippen MR) is 107 cm³/mol. The number of nitrogens with one attached hydrogen (secondary N) is 2. The minimum atomic E-state index is -0.304. The molecule has 5 rings (SSSR count). The fourth-order valence-electron chi connectivity index (χ4n) is 3.27. The number of aromatic nitrogens is 4. The van der Waals surface area contributed by atoms with Gasteiger partial charge in [0.15, 0.2) is 0 Å². The van der Waals surface area contributed by atoms with E-state index < -0.39 is 0 Å². The molecule has 28 heavy (non-hydrogen) atoms. The number of hydrogen-bond acceptors (Lipinski definition) is 3. The van der Waals surface area contributed by atoms with E-state index in [0.717, 1.165) is 0 Å². The van der Waals surface area contributed by atoms with Crippen LogP contribution in [0.5, 0.6) is 0 Å². The van der Waals surface area contributed by atoms with Crippen molar-refractivity contribution in [2.24, 2.45) is 0 Å². The van der Waals surface area contributed by atoms with Crippen LogP contribution in [0.4, 0.5) is 10.5 Å². The fraction of sp³-hybridized carbons (Fsp3) is 0. The normalized spacial score (nSPS) is 11.1. The molecule has 7 nitrogen and oxygen atoms in total. The fourth-order valence-corrected chi connectivity index (χ4v) is 3.27. The van der Waals surface area contributed by atoms with E-state index >= 15 is 0 Å². The zero-order valence-electron chi connectivity index (χ0n) is 14.7. The van der Waals surface area contributed by atoms with Gasteiger partial charge >= 0.3 is 6.03 Å². The molecule has 0 spiro atoms. The number of aromatic amines is 1. The minimum Gasteiger partial charge on any atom is -0.346 e. The molecule has 3 aromatic rings. The number of H-pyrrole nitrogens is 1. The van der Waals surface area contributed by atoms with Crippen LogP contribution in [0.2, 0.25) is 0 Å². The van der Waals surface area contributed by atoms with Gasteiger partial charge in [0.25, 0.3) is 5.56 Å². The Morgan fingerprint density at radius 3 is 2.43 bits per heavy atom. The smallest absolute Gasteiger partial charge is 0.331 e. The van der Waals surface area contributed by atoms with Crippen molar-refractivity contribution in [3.05, 3.63) is 89.5 Å². The standard InChI is InChI=1S/C21H15N5O2/c27-20-17-13-22-19-16(18(17)24-26(20)15-9-5-2-6-10-15)11-12-25(19)21(28)23-14-7-3-1-4-8-14/h1-13,22H,(H,23,28). The third kappa shape index (κ3) is 2.49. The van der Waals surface area contributed by atoms with Gasteiger partial charge in [-0.05, 0) is 30.3 Å². The molecule has 2 aromatic carbocycles. The molecule has 0 radical (unpaired) electrons. The molecule has 0 atom stereocenters. The van der Waals surface area contributed by atoms with E-state index in [4.69, 9.17) is 0 Å².